The van der Waals surface area contributed by atoms with Crippen LogP contribution in [-0.4, -0.2) is 11.2 Å². The van der Waals surface area contributed by atoms with Crippen molar-refractivity contribution in [2.45, 2.75) is 20.8 Å². The van der Waals surface area contributed by atoms with Gasteiger partial charge in [-0.05, 0) is 44.0 Å². The van der Waals surface area contributed by atoms with Crippen molar-refractivity contribution < 1.29 is 0 Å². The molecular weight excluding hydrogens is 232 g/mol. The highest BCUT2D eigenvalue weighted by Crippen LogP contribution is 2.26. The minimum absolute atomic E-state index is 1.01. The molecule has 0 aliphatic carbocycles. The summed E-state index contributed by atoms with van der Waals surface area (Å²) in [4.78, 5) is 8.59. The number of aromatic nitrogens is 1. The van der Waals surface area contributed by atoms with Gasteiger partial charge in [0.25, 0.3) is 0 Å². The Morgan fingerprint density at radius 1 is 1.00 bits per heavy atom. The van der Waals surface area contributed by atoms with Gasteiger partial charge >= 0.3 is 0 Å². The SMILES string of the molecule is CC=N/C(=C(\C)c1ccncc1)c1ccc(C)cc1. The number of benzene rings is 1. The Balaban J connectivity index is 2.53. The maximum absolute atomic E-state index is 4.53. The van der Waals surface area contributed by atoms with E-state index in [9.17, 15) is 0 Å². The summed E-state index contributed by atoms with van der Waals surface area (Å²) in [5.41, 5.74) is 5.71. The van der Waals surface area contributed by atoms with Crippen LogP contribution in [0.25, 0.3) is 11.3 Å². The average molecular weight is 250 g/mol. The molecule has 1 heterocycles. The second kappa shape index (κ2) is 6.10. The van der Waals surface area contributed by atoms with Crippen LogP contribution in [0.1, 0.15) is 30.5 Å². The molecule has 0 unspecified atom stereocenters. The van der Waals surface area contributed by atoms with Gasteiger partial charge in [0.15, 0.2) is 0 Å². The standard InChI is InChI=1S/C17H18N2/c1-4-19-17(16-7-5-13(2)6-8-16)14(3)15-9-11-18-12-10-15/h4-12H,1-3H3/b17-14+,19-4?. The molecule has 0 saturated heterocycles. The van der Waals surface area contributed by atoms with E-state index in [0.29, 0.717) is 0 Å². The second-order valence-electron chi connectivity index (χ2n) is 4.46. The molecule has 0 spiro atoms. The van der Waals surface area contributed by atoms with Crippen LogP contribution in [-0.2, 0) is 0 Å². The molecule has 19 heavy (non-hydrogen) atoms. The minimum atomic E-state index is 1.01. The van der Waals surface area contributed by atoms with E-state index >= 15 is 0 Å². The second-order valence-corrected chi connectivity index (χ2v) is 4.46. The molecule has 0 saturated carbocycles. The third kappa shape index (κ3) is 3.16. The molecule has 0 amide bonds. The van der Waals surface area contributed by atoms with Gasteiger partial charge in [0.2, 0.25) is 0 Å². The topological polar surface area (TPSA) is 25.2 Å². The van der Waals surface area contributed by atoms with Crippen LogP contribution >= 0.6 is 0 Å². The van der Waals surface area contributed by atoms with E-state index in [2.05, 4.69) is 48.1 Å². The van der Waals surface area contributed by atoms with Crippen molar-refractivity contribution in [3.8, 4) is 0 Å². The molecule has 1 aromatic heterocycles. The molecule has 0 aliphatic rings. The number of hydrogen-bond acceptors (Lipinski definition) is 2. The molecule has 0 N–H and O–H groups in total. The first-order valence-electron chi connectivity index (χ1n) is 6.39. The van der Waals surface area contributed by atoms with Crippen LogP contribution in [0.3, 0.4) is 0 Å². The fraction of sp³-hybridized carbons (Fsp3) is 0.176. The molecule has 0 atom stereocenters. The highest BCUT2D eigenvalue weighted by molar-refractivity contribution is 5.91. The molecule has 96 valence electrons. The Labute approximate surface area is 114 Å². The van der Waals surface area contributed by atoms with Crippen molar-refractivity contribution in [1.82, 2.24) is 4.98 Å². The van der Waals surface area contributed by atoms with E-state index in [-0.39, 0.29) is 0 Å². The summed E-state index contributed by atoms with van der Waals surface area (Å²) in [7, 11) is 0. The van der Waals surface area contributed by atoms with Gasteiger partial charge in [-0.15, -0.1) is 0 Å². The van der Waals surface area contributed by atoms with Crippen molar-refractivity contribution in [3.63, 3.8) is 0 Å². The first kappa shape index (κ1) is 13.2. The fourth-order valence-corrected chi connectivity index (χ4v) is 1.97. The highest BCUT2D eigenvalue weighted by atomic mass is 14.7. The summed E-state index contributed by atoms with van der Waals surface area (Å²) >= 11 is 0. The van der Waals surface area contributed by atoms with E-state index in [4.69, 9.17) is 0 Å². The van der Waals surface area contributed by atoms with Crippen molar-refractivity contribution in [2.24, 2.45) is 4.99 Å². The summed E-state index contributed by atoms with van der Waals surface area (Å²) in [5.74, 6) is 0. The van der Waals surface area contributed by atoms with Gasteiger partial charge in [-0.25, -0.2) is 0 Å². The van der Waals surface area contributed by atoms with Gasteiger partial charge in [0.1, 0.15) is 0 Å². The third-order valence-electron chi connectivity index (χ3n) is 3.05. The van der Waals surface area contributed by atoms with Gasteiger partial charge in [-0.3, -0.25) is 9.98 Å². The first-order valence-corrected chi connectivity index (χ1v) is 6.39. The number of allylic oxidation sites excluding steroid dienone is 1. The van der Waals surface area contributed by atoms with E-state index in [1.165, 1.54) is 5.56 Å². The van der Waals surface area contributed by atoms with Crippen LogP contribution in [0.4, 0.5) is 0 Å². The van der Waals surface area contributed by atoms with Crippen molar-refractivity contribution in [1.29, 1.82) is 0 Å². The smallest absolute Gasteiger partial charge is 0.0733 e. The van der Waals surface area contributed by atoms with Crippen molar-refractivity contribution >= 4 is 17.5 Å². The zero-order chi connectivity index (χ0) is 13.7. The van der Waals surface area contributed by atoms with E-state index in [1.54, 1.807) is 12.4 Å². The number of aryl methyl sites for hydroxylation is 1. The molecule has 0 fully saturated rings. The fourth-order valence-electron chi connectivity index (χ4n) is 1.97. The molecule has 2 rings (SSSR count). The number of aliphatic imine (C=N–C) groups is 1. The molecular formula is C17H18N2. The van der Waals surface area contributed by atoms with Crippen LogP contribution < -0.4 is 0 Å². The molecule has 0 radical (unpaired) electrons. The van der Waals surface area contributed by atoms with Gasteiger partial charge in [-0.2, -0.15) is 0 Å². The minimum Gasteiger partial charge on any atom is -0.265 e. The zero-order valence-corrected chi connectivity index (χ0v) is 11.6. The number of pyridine rings is 1. The summed E-state index contributed by atoms with van der Waals surface area (Å²) in [6.45, 7) is 6.12. The van der Waals surface area contributed by atoms with E-state index < -0.39 is 0 Å². The predicted molar refractivity (Wildman–Crippen MR) is 82.1 cm³/mol. The number of rotatable bonds is 3. The Morgan fingerprint density at radius 2 is 1.63 bits per heavy atom. The number of hydrogen-bond donors (Lipinski definition) is 0. The van der Waals surface area contributed by atoms with Crippen LogP contribution in [0.15, 0.2) is 53.8 Å². The average Bonchev–Trinajstić information content (AvgIpc) is 2.46. The Hall–Kier alpha value is -2.22. The Kier molecular flexibility index (Phi) is 4.24. The third-order valence-corrected chi connectivity index (χ3v) is 3.05. The lowest BCUT2D eigenvalue weighted by Crippen LogP contribution is -1.89. The number of nitrogens with zero attached hydrogens (tertiary/aromatic N) is 2. The Bertz CT molecular complexity index is 593. The molecule has 1 aromatic carbocycles. The molecule has 2 aromatic rings. The zero-order valence-electron chi connectivity index (χ0n) is 11.6. The van der Waals surface area contributed by atoms with Gasteiger partial charge < -0.3 is 0 Å². The lowest BCUT2D eigenvalue weighted by atomic mass is 10.0. The molecule has 0 aliphatic heterocycles. The predicted octanol–water partition coefficient (Wildman–Crippen LogP) is 4.37. The molecule has 0 bridgehead atoms. The maximum Gasteiger partial charge on any atom is 0.0733 e. The van der Waals surface area contributed by atoms with Crippen LogP contribution in [0, 0.1) is 6.92 Å². The summed E-state index contributed by atoms with van der Waals surface area (Å²) in [6, 6.07) is 12.5. The monoisotopic (exact) mass is 250 g/mol. The van der Waals surface area contributed by atoms with E-state index in [0.717, 1.165) is 22.4 Å². The van der Waals surface area contributed by atoms with Crippen LogP contribution in [0.2, 0.25) is 0 Å². The quantitative estimate of drug-likeness (QED) is 0.742. The lowest BCUT2D eigenvalue weighted by molar-refractivity contribution is 1.31. The largest absolute Gasteiger partial charge is 0.265 e. The summed E-state index contributed by atoms with van der Waals surface area (Å²) < 4.78 is 0. The normalized spacial score (nSPS) is 12.6. The van der Waals surface area contributed by atoms with E-state index in [1.807, 2.05) is 25.3 Å². The highest BCUT2D eigenvalue weighted by Gasteiger charge is 2.06. The van der Waals surface area contributed by atoms with Crippen LogP contribution in [0.5, 0.6) is 0 Å². The summed E-state index contributed by atoms with van der Waals surface area (Å²) in [6.07, 6.45) is 5.45. The van der Waals surface area contributed by atoms with Gasteiger partial charge in [0.05, 0.1) is 5.70 Å². The first-order chi connectivity index (χ1) is 9.22. The van der Waals surface area contributed by atoms with Crippen molar-refractivity contribution in [3.05, 3.63) is 65.5 Å². The summed E-state index contributed by atoms with van der Waals surface area (Å²) in [5, 5.41) is 0. The van der Waals surface area contributed by atoms with Crippen molar-refractivity contribution in [2.75, 3.05) is 0 Å². The Morgan fingerprint density at radius 3 is 2.21 bits per heavy atom. The molecule has 2 nitrogen and oxygen atoms in total. The van der Waals surface area contributed by atoms with Gasteiger partial charge in [-0.1, -0.05) is 29.8 Å². The maximum atomic E-state index is 4.53. The molecule has 2 heteroatoms. The van der Waals surface area contributed by atoms with Gasteiger partial charge in [0, 0.05) is 24.2 Å². The lowest BCUT2D eigenvalue weighted by Gasteiger charge is -2.09.